The molecule has 2 heterocycles. The SMILES string of the molecule is CC(C)Cn1c(SCc2nc3ccccc3s2)nc2ccccc2c1=O. The normalized spacial score (nSPS) is 11.7. The first-order valence-corrected chi connectivity index (χ1v) is 10.4. The summed E-state index contributed by atoms with van der Waals surface area (Å²) >= 11 is 3.28. The highest BCUT2D eigenvalue weighted by Gasteiger charge is 2.13. The fraction of sp³-hybridized carbons (Fsp3) is 0.250. The number of thioether (sulfide) groups is 1. The number of nitrogens with zero attached hydrogens (tertiary/aromatic N) is 3. The van der Waals surface area contributed by atoms with Crippen molar-refractivity contribution in [3.63, 3.8) is 0 Å². The average Bonchev–Trinajstić information content (AvgIpc) is 3.05. The van der Waals surface area contributed by atoms with Gasteiger partial charge < -0.3 is 0 Å². The highest BCUT2D eigenvalue weighted by atomic mass is 32.2. The van der Waals surface area contributed by atoms with E-state index in [0.29, 0.717) is 23.6 Å². The van der Waals surface area contributed by atoms with Crippen molar-refractivity contribution >= 4 is 44.2 Å². The van der Waals surface area contributed by atoms with Crippen LogP contribution in [-0.4, -0.2) is 14.5 Å². The van der Waals surface area contributed by atoms with Crippen LogP contribution in [0.25, 0.3) is 21.1 Å². The lowest BCUT2D eigenvalue weighted by molar-refractivity contribution is 0.475. The van der Waals surface area contributed by atoms with Crippen LogP contribution in [0.1, 0.15) is 18.9 Å². The second kappa shape index (κ2) is 7.21. The number of hydrogen-bond acceptors (Lipinski definition) is 5. The molecule has 0 amide bonds. The van der Waals surface area contributed by atoms with Gasteiger partial charge in [-0.3, -0.25) is 9.36 Å². The molecule has 2 aromatic carbocycles. The zero-order chi connectivity index (χ0) is 18.1. The van der Waals surface area contributed by atoms with Gasteiger partial charge in [-0.05, 0) is 30.2 Å². The van der Waals surface area contributed by atoms with E-state index >= 15 is 0 Å². The molecule has 4 rings (SSSR count). The van der Waals surface area contributed by atoms with Crippen molar-refractivity contribution in [3.05, 3.63) is 63.9 Å². The largest absolute Gasteiger partial charge is 0.287 e. The average molecular weight is 382 g/mol. The third-order valence-electron chi connectivity index (χ3n) is 4.04. The second-order valence-corrected chi connectivity index (χ2v) is 8.64. The molecule has 0 aliphatic carbocycles. The van der Waals surface area contributed by atoms with Gasteiger partial charge in [0.2, 0.25) is 0 Å². The lowest BCUT2D eigenvalue weighted by Crippen LogP contribution is -2.25. The predicted molar refractivity (Wildman–Crippen MR) is 110 cm³/mol. The van der Waals surface area contributed by atoms with E-state index in [0.717, 1.165) is 21.2 Å². The van der Waals surface area contributed by atoms with Crippen LogP contribution in [0.3, 0.4) is 0 Å². The van der Waals surface area contributed by atoms with Crippen molar-refractivity contribution in [2.75, 3.05) is 0 Å². The number of fused-ring (bicyclic) bond motifs is 2. The van der Waals surface area contributed by atoms with Crippen LogP contribution in [0.5, 0.6) is 0 Å². The molecule has 132 valence electrons. The summed E-state index contributed by atoms with van der Waals surface area (Å²) in [6.45, 7) is 4.89. The van der Waals surface area contributed by atoms with Gasteiger partial charge in [-0.25, -0.2) is 9.97 Å². The van der Waals surface area contributed by atoms with Crippen LogP contribution >= 0.6 is 23.1 Å². The summed E-state index contributed by atoms with van der Waals surface area (Å²) in [7, 11) is 0. The van der Waals surface area contributed by atoms with E-state index in [2.05, 4.69) is 24.9 Å². The molecule has 4 nitrogen and oxygen atoms in total. The molecule has 2 aromatic heterocycles. The standard InChI is InChI=1S/C20H19N3OS2/c1-13(2)11-23-19(24)14-7-3-4-8-15(14)22-20(23)25-12-18-21-16-9-5-6-10-17(16)26-18/h3-10,13H,11-12H2,1-2H3. The van der Waals surface area contributed by atoms with E-state index in [1.807, 2.05) is 47.0 Å². The second-order valence-electron chi connectivity index (χ2n) is 6.59. The van der Waals surface area contributed by atoms with Crippen molar-refractivity contribution in [2.45, 2.75) is 31.3 Å². The molecule has 0 aliphatic heterocycles. The van der Waals surface area contributed by atoms with Gasteiger partial charge in [-0.1, -0.05) is 49.9 Å². The molecule has 0 unspecified atom stereocenters. The Balaban J connectivity index is 1.71. The first-order valence-electron chi connectivity index (χ1n) is 8.58. The summed E-state index contributed by atoms with van der Waals surface area (Å²) in [6, 6.07) is 15.7. The third kappa shape index (κ3) is 3.39. The summed E-state index contributed by atoms with van der Waals surface area (Å²) < 4.78 is 3.00. The number of rotatable bonds is 5. The molecule has 0 saturated heterocycles. The summed E-state index contributed by atoms with van der Waals surface area (Å²) in [6.07, 6.45) is 0. The first-order chi connectivity index (χ1) is 12.6. The molecule has 4 aromatic rings. The summed E-state index contributed by atoms with van der Waals surface area (Å²) in [5.74, 6) is 1.08. The van der Waals surface area contributed by atoms with E-state index in [-0.39, 0.29) is 5.56 Å². The van der Waals surface area contributed by atoms with Gasteiger partial charge in [-0.15, -0.1) is 11.3 Å². The Labute approximate surface area is 159 Å². The maximum atomic E-state index is 12.9. The minimum atomic E-state index is 0.0381. The van der Waals surface area contributed by atoms with Gasteiger partial charge in [0.05, 0.1) is 26.9 Å². The maximum Gasteiger partial charge on any atom is 0.262 e. The Morgan fingerprint density at radius 3 is 2.54 bits per heavy atom. The van der Waals surface area contributed by atoms with Crippen LogP contribution in [0.2, 0.25) is 0 Å². The van der Waals surface area contributed by atoms with E-state index < -0.39 is 0 Å². The van der Waals surface area contributed by atoms with Crippen molar-refractivity contribution in [1.82, 2.24) is 14.5 Å². The summed E-state index contributed by atoms with van der Waals surface area (Å²) in [5, 5.41) is 2.49. The molecule has 0 radical (unpaired) electrons. The van der Waals surface area contributed by atoms with Gasteiger partial charge in [0.1, 0.15) is 5.01 Å². The number of para-hydroxylation sites is 2. The fourth-order valence-electron chi connectivity index (χ4n) is 2.89. The molecule has 0 N–H and O–H groups in total. The Hall–Kier alpha value is -2.18. The first kappa shape index (κ1) is 17.2. The quantitative estimate of drug-likeness (QED) is 0.362. The van der Waals surface area contributed by atoms with Crippen molar-refractivity contribution in [2.24, 2.45) is 5.92 Å². The monoisotopic (exact) mass is 381 g/mol. The molecule has 0 spiro atoms. The fourth-order valence-corrected chi connectivity index (χ4v) is 4.86. The van der Waals surface area contributed by atoms with Crippen LogP contribution in [0.4, 0.5) is 0 Å². The third-order valence-corrected chi connectivity index (χ3v) is 6.24. The minimum Gasteiger partial charge on any atom is -0.287 e. The maximum absolute atomic E-state index is 12.9. The van der Waals surface area contributed by atoms with Crippen LogP contribution < -0.4 is 5.56 Å². The van der Waals surface area contributed by atoms with E-state index in [1.165, 1.54) is 4.70 Å². The van der Waals surface area contributed by atoms with E-state index in [9.17, 15) is 4.79 Å². The Kier molecular flexibility index (Phi) is 4.78. The number of aromatic nitrogens is 3. The van der Waals surface area contributed by atoms with Gasteiger partial charge in [0.15, 0.2) is 5.16 Å². The molecular formula is C20H19N3OS2. The molecule has 6 heteroatoms. The van der Waals surface area contributed by atoms with Crippen molar-refractivity contribution < 1.29 is 0 Å². The lowest BCUT2D eigenvalue weighted by Gasteiger charge is -2.14. The van der Waals surface area contributed by atoms with Crippen molar-refractivity contribution in [3.8, 4) is 0 Å². The van der Waals surface area contributed by atoms with E-state index in [1.54, 1.807) is 23.1 Å². The zero-order valence-electron chi connectivity index (χ0n) is 14.7. The molecule has 0 fully saturated rings. The number of thiazole rings is 1. The van der Waals surface area contributed by atoms with E-state index in [4.69, 9.17) is 4.98 Å². The highest BCUT2D eigenvalue weighted by molar-refractivity contribution is 7.98. The van der Waals surface area contributed by atoms with Gasteiger partial charge in [-0.2, -0.15) is 0 Å². The molecule has 0 aliphatic rings. The van der Waals surface area contributed by atoms with Crippen LogP contribution in [0, 0.1) is 5.92 Å². The van der Waals surface area contributed by atoms with Crippen LogP contribution in [-0.2, 0) is 12.3 Å². The Morgan fingerprint density at radius 1 is 1.04 bits per heavy atom. The molecule has 0 bridgehead atoms. The highest BCUT2D eigenvalue weighted by Crippen LogP contribution is 2.28. The minimum absolute atomic E-state index is 0.0381. The Morgan fingerprint density at radius 2 is 1.77 bits per heavy atom. The summed E-state index contributed by atoms with van der Waals surface area (Å²) in [5.41, 5.74) is 1.82. The Bertz CT molecular complexity index is 1100. The van der Waals surface area contributed by atoms with Crippen molar-refractivity contribution in [1.29, 1.82) is 0 Å². The van der Waals surface area contributed by atoms with Gasteiger partial charge >= 0.3 is 0 Å². The predicted octanol–water partition coefficient (Wildman–Crippen LogP) is 4.95. The number of benzene rings is 2. The van der Waals surface area contributed by atoms with Gasteiger partial charge in [0.25, 0.3) is 5.56 Å². The number of hydrogen-bond donors (Lipinski definition) is 0. The van der Waals surface area contributed by atoms with Gasteiger partial charge in [0, 0.05) is 6.54 Å². The van der Waals surface area contributed by atoms with Crippen LogP contribution in [0.15, 0.2) is 58.5 Å². The summed E-state index contributed by atoms with van der Waals surface area (Å²) in [4.78, 5) is 22.4. The topological polar surface area (TPSA) is 47.8 Å². The molecule has 0 atom stereocenters. The molecular weight excluding hydrogens is 362 g/mol. The molecule has 26 heavy (non-hydrogen) atoms. The molecule has 0 saturated carbocycles. The smallest absolute Gasteiger partial charge is 0.262 e. The zero-order valence-corrected chi connectivity index (χ0v) is 16.3. The lowest BCUT2D eigenvalue weighted by atomic mass is 10.2.